The third-order valence-electron chi connectivity index (χ3n) is 4.23. The molecule has 0 bridgehead atoms. The number of nitrogens with zero attached hydrogens (tertiary/aromatic N) is 1. The van der Waals surface area contributed by atoms with E-state index in [0.29, 0.717) is 12.1 Å². The van der Waals surface area contributed by atoms with E-state index in [1.54, 1.807) is 0 Å². The number of nitrogens with two attached hydrogens (primary N) is 1. The lowest BCUT2D eigenvalue weighted by Gasteiger charge is -2.38. The Kier molecular flexibility index (Phi) is 3.88. The van der Waals surface area contributed by atoms with E-state index in [1.807, 2.05) is 0 Å². The number of rotatable bonds is 3. The number of hydrogen-bond donors (Lipinski definition) is 1. The van der Waals surface area contributed by atoms with Crippen molar-refractivity contribution in [3.63, 3.8) is 0 Å². The second kappa shape index (κ2) is 5.03. The molecule has 1 heterocycles. The lowest BCUT2D eigenvalue weighted by Crippen LogP contribution is -2.50. The van der Waals surface area contributed by atoms with Gasteiger partial charge in [0.05, 0.1) is 12.7 Å². The Balaban J connectivity index is 1.79. The first-order valence-electron chi connectivity index (χ1n) is 6.74. The van der Waals surface area contributed by atoms with Gasteiger partial charge < -0.3 is 10.5 Å². The summed E-state index contributed by atoms with van der Waals surface area (Å²) in [6, 6.07) is 0.557. The van der Waals surface area contributed by atoms with E-state index in [0.717, 1.165) is 26.1 Å². The molecule has 0 aromatic rings. The normalized spacial score (nSPS) is 35.4. The zero-order chi connectivity index (χ0) is 11.6. The summed E-state index contributed by atoms with van der Waals surface area (Å²) in [6.07, 6.45) is 6.64. The van der Waals surface area contributed by atoms with E-state index < -0.39 is 0 Å². The maximum absolute atomic E-state index is 6.40. The van der Waals surface area contributed by atoms with Gasteiger partial charge in [0.15, 0.2) is 0 Å². The summed E-state index contributed by atoms with van der Waals surface area (Å²) in [7, 11) is 0. The molecule has 1 aliphatic heterocycles. The van der Waals surface area contributed by atoms with E-state index in [-0.39, 0.29) is 5.54 Å². The topological polar surface area (TPSA) is 38.5 Å². The van der Waals surface area contributed by atoms with Crippen LogP contribution in [0, 0.1) is 0 Å². The molecule has 0 spiro atoms. The summed E-state index contributed by atoms with van der Waals surface area (Å²) in [5.41, 5.74) is 6.54. The first kappa shape index (κ1) is 12.3. The Morgan fingerprint density at radius 3 is 2.69 bits per heavy atom. The zero-order valence-electron chi connectivity index (χ0n) is 10.7. The molecule has 2 unspecified atom stereocenters. The van der Waals surface area contributed by atoms with Crippen LogP contribution in [0.25, 0.3) is 0 Å². The standard InChI is InChI=1S/C13H26N2O/c1-11-10-16-12(2)9-15(11)8-7-13(14)5-3-4-6-13/h11-12H,3-10,14H2,1-2H3. The predicted octanol–water partition coefficient (Wildman–Crippen LogP) is 1.76. The first-order chi connectivity index (χ1) is 7.59. The summed E-state index contributed by atoms with van der Waals surface area (Å²) >= 11 is 0. The molecule has 94 valence electrons. The van der Waals surface area contributed by atoms with E-state index in [2.05, 4.69) is 18.7 Å². The molecule has 2 atom stereocenters. The van der Waals surface area contributed by atoms with Crippen molar-refractivity contribution in [2.75, 3.05) is 19.7 Å². The molecule has 1 saturated carbocycles. The minimum atomic E-state index is 0.140. The van der Waals surface area contributed by atoms with Crippen molar-refractivity contribution in [1.82, 2.24) is 4.90 Å². The average Bonchev–Trinajstić information content (AvgIpc) is 2.67. The quantitative estimate of drug-likeness (QED) is 0.797. The molecule has 0 aromatic carbocycles. The van der Waals surface area contributed by atoms with Gasteiger partial charge in [0.1, 0.15) is 0 Å². The molecule has 0 aromatic heterocycles. The van der Waals surface area contributed by atoms with E-state index in [1.165, 1.54) is 25.7 Å². The Labute approximate surface area is 99.3 Å². The molecule has 2 rings (SSSR count). The summed E-state index contributed by atoms with van der Waals surface area (Å²) in [5, 5.41) is 0. The zero-order valence-corrected chi connectivity index (χ0v) is 10.7. The third kappa shape index (κ3) is 2.96. The number of hydrogen-bond acceptors (Lipinski definition) is 3. The van der Waals surface area contributed by atoms with Crippen molar-refractivity contribution >= 4 is 0 Å². The molecule has 2 fully saturated rings. The monoisotopic (exact) mass is 226 g/mol. The summed E-state index contributed by atoms with van der Waals surface area (Å²) in [4.78, 5) is 2.54. The SMILES string of the molecule is CC1CN(CCC2(N)CCCC2)C(C)CO1. The van der Waals surface area contributed by atoms with Crippen LogP contribution in [-0.4, -0.2) is 42.3 Å². The lowest BCUT2D eigenvalue weighted by molar-refractivity contribution is -0.0511. The second-order valence-electron chi connectivity index (χ2n) is 5.81. The fourth-order valence-corrected chi connectivity index (χ4v) is 2.98. The predicted molar refractivity (Wildman–Crippen MR) is 66.5 cm³/mol. The molecule has 2 N–H and O–H groups in total. The van der Waals surface area contributed by atoms with Crippen LogP contribution in [0.4, 0.5) is 0 Å². The van der Waals surface area contributed by atoms with Crippen LogP contribution in [0.2, 0.25) is 0 Å². The average molecular weight is 226 g/mol. The fraction of sp³-hybridized carbons (Fsp3) is 1.00. The largest absolute Gasteiger partial charge is 0.376 e. The molecule has 1 saturated heterocycles. The van der Waals surface area contributed by atoms with Gasteiger partial charge >= 0.3 is 0 Å². The molecule has 0 radical (unpaired) electrons. The highest BCUT2D eigenvalue weighted by atomic mass is 16.5. The van der Waals surface area contributed by atoms with E-state index in [9.17, 15) is 0 Å². The van der Waals surface area contributed by atoms with Crippen LogP contribution < -0.4 is 5.73 Å². The van der Waals surface area contributed by atoms with Gasteiger partial charge in [-0.1, -0.05) is 12.8 Å². The van der Waals surface area contributed by atoms with Crippen LogP contribution in [0.3, 0.4) is 0 Å². The molecule has 3 heteroatoms. The van der Waals surface area contributed by atoms with E-state index in [4.69, 9.17) is 10.5 Å². The lowest BCUT2D eigenvalue weighted by atomic mass is 9.94. The maximum Gasteiger partial charge on any atom is 0.0674 e. The molecule has 2 aliphatic rings. The Morgan fingerprint density at radius 2 is 2.00 bits per heavy atom. The van der Waals surface area contributed by atoms with Gasteiger partial charge in [-0.2, -0.15) is 0 Å². The van der Waals surface area contributed by atoms with Gasteiger partial charge in [-0.3, -0.25) is 4.90 Å². The highest BCUT2D eigenvalue weighted by molar-refractivity contribution is 4.90. The van der Waals surface area contributed by atoms with Gasteiger partial charge in [0, 0.05) is 24.7 Å². The summed E-state index contributed by atoms with van der Waals surface area (Å²) in [6.45, 7) is 7.50. The summed E-state index contributed by atoms with van der Waals surface area (Å²) < 4.78 is 5.64. The maximum atomic E-state index is 6.40. The third-order valence-corrected chi connectivity index (χ3v) is 4.23. The van der Waals surface area contributed by atoms with Crippen molar-refractivity contribution in [2.45, 2.75) is 63.6 Å². The molecular formula is C13H26N2O. The van der Waals surface area contributed by atoms with Crippen LogP contribution in [0.15, 0.2) is 0 Å². The van der Waals surface area contributed by atoms with Crippen LogP contribution in [-0.2, 0) is 4.74 Å². The molecular weight excluding hydrogens is 200 g/mol. The van der Waals surface area contributed by atoms with Crippen molar-refractivity contribution < 1.29 is 4.74 Å². The molecule has 1 aliphatic carbocycles. The van der Waals surface area contributed by atoms with Crippen molar-refractivity contribution in [1.29, 1.82) is 0 Å². The Hall–Kier alpha value is -0.120. The number of ether oxygens (including phenoxy) is 1. The Bertz CT molecular complexity index is 226. The second-order valence-corrected chi connectivity index (χ2v) is 5.81. The Morgan fingerprint density at radius 1 is 1.31 bits per heavy atom. The van der Waals surface area contributed by atoms with Crippen LogP contribution in [0.1, 0.15) is 46.0 Å². The molecule has 3 nitrogen and oxygen atoms in total. The highest BCUT2D eigenvalue weighted by Crippen LogP contribution is 2.30. The fourth-order valence-electron chi connectivity index (χ4n) is 2.98. The van der Waals surface area contributed by atoms with Crippen molar-refractivity contribution in [2.24, 2.45) is 5.73 Å². The summed E-state index contributed by atoms with van der Waals surface area (Å²) in [5.74, 6) is 0. The minimum Gasteiger partial charge on any atom is -0.376 e. The van der Waals surface area contributed by atoms with Gasteiger partial charge in [0.25, 0.3) is 0 Å². The van der Waals surface area contributed by atoms with Crippen LogP contribution in [0.5, 0.6) is 0 Å². The smallest absolute Gasteiger partial charge is 0.0674 e. The molecule has 16 heavy (non-hydrogen) atoms. The van der Waals surface area contributed by atoms with Crippen molar-refractivity contribution in [3.05, 3.63) is 0 Å². The first-order valence-corrected chi connectivity index (χ1v) is 6.74. The van der Waals surface area contributed by atoms with E-state index >= 15 is 0 Å². The van der Waals surface area contributed by atoms with Gasteiger partial charge in [-0.25, -0.2) is 0 Å². The van der Waals surface area contributed by atoms with Gasteiger partial charge in [0.2, 0.25) is 0 Å². The van der Waals surface area contributed by atoms with Gasteiger partial charge in [-0.15, -0.1) is 0 Å². The highest BCUT2D eigenvalue weighted by Gasteiger charge is 2.31. The minimum absolute atomic E-state index is 0.140. The van der Waals surface area contributed by atoms with Gasteiger partial charge in [-0.05, 0) is 33.1 Å². The number of morpholine rings is 1. The molecule has 0 amide bonds. The van der Waals surface area contributed by atoms with Crippen molar-refractivity contribution in [3.8, 4) is 0 Å². The van der Waals surface area contributed by atoms with Crippen LogP contribution >= 0.6 is 0 Å².